The van der Waals surface area contributed by atoms with E-state index in [0.29, 0.717) is 37.0 Å². The topological polar surface area (TPSA) is 89.1 Å². The number of aromatic nitrogens is 3. The number of carbonyl (C=O) groups is 1. The second kappa shape index (κ2) is 6.90. The maximum Gasteiger partial charge on any atom is 0.257 e. The number of carbonyl (C=O) groups excluding carboxylic acids is 1. The van der Waals surface area contributed by atoms with Crippen LogP contribution in [0, 0.1) is 0 Å². The molecule has 3 aromatic rings. The lowest BCUT2D eigenvalue weighted by molar-refractivity contribution is 0.0936. The van der Waals surface area contributed by atoms with Crippen molar-refractivity contribution in [3.05, 3.63) is 54.0 Å². The first-order chi connectivity index (χ1) is 12.3. The zero-order valence-corrected chi connectivity index (χ0v) is 13.6. The van der Waals surface area contributed by atoms with Gasteiger partial charge in [-0.2, -0.15) is 0 Å². The van der Waals surface area contributed by atoms with Gasteiger partial charge in [-0.25, -0.2) is 9.97 Å². The van der Waals surface area contributed by atoms with E-state index >= 15 is 0 Å². The highest BCUT2D eigenvalue weighted by Gasteiger charge is 2.21. The highest BCUT2D eigenvalue weighted by Crippen LogP contribution is 2.19. The molecular weight excluding hydrogens is 320 g/mol. The molecule has 7 nitrogen and oxygen atoms in total. The Morgan fingerprint density at radius 2 is 2.24 bits per heavy atom. The van der Waals surface area contributed by atoms with E-state index in [1.54, 1.807) is 18.3 Å². The van der Waals surface area contributed by atoms with Crippen molar-refractivity contribution in [2.24, 2.45) is 0 Å². The van der Waals surface area contributed by atoms with Crippen molar-refractivity contribution in [3.8, 4) is 5.88 Å². The molecule has 0 spiro atoms. The van der Waals surface area contributed by atoms with Gasteiger partial charge in [0.05, 0.1) is 30.8 Å². The summed E-state index contributed by atoms with van der Waals surface area (Å²) in [6.45, 7) is 1.50. The van der Waals surface area contributed by atoms with Crippen molar-refractivity contribution in [3.63, 3.8) is 0 Å². The molecule has 1 atom stereocenters. The van der Waals surface area contributed by atoms with E-state index in [1.165, 1.54) is 0 Å². The first kappa shape index (κ1) is 15.6. The van der Waals surface area contributed by atoms with Crippen LogP contribution in [0.15, 0.2) is 42.6 Å². The highest BCUT2D eigenvalue weighted by molar-refractivity contribution is 5.96. The number of H-pyrrole nitrogens is 1. The van der Waals surface area contributed by atoms with Crippen LogP contribution in [-0.4, -0.2) is 40.2 Å². The van der Waals surface area contributed by atoms with Crippen LogP contribution in [0.1, 0.15) is 22.6 Å². The predicted molar refractivity (Wildman–Crippen MR) is 91.4 cm³/mol. The van der Waals surface area contributed by atoms with Crippen molar-refractivity contribution in [1.82, 2.24) is 20.3 Å². The minimum absolute atomic E-state index is 0.0585. The quantitative estimate of drug-likeness (QED) is 0.743. The van der Waals surface area contributed by atoms with E-state index in [9.17, 15) is 4.79 Å². The third-order valence-electron chi connectivity index (χ3n) is 4.04. The first-order valence-electron chi connectivity index (χ1n) is 8.21. The largest absolute Gasteiger partial charge is 0.471 e. The Kier molecular flexibility index (Phi) is 4.30. The summed E-state index contributed by atoms with van der Waals surface area (Å²) in [4.78, 5) is 24.4. The van der Waals surface area contributed by atoms with E-state index in [1.807, 2.05) is 24.3 Å². The first-order valence-corrected chi connectivity index (χ1v) is 8.21. The van der Waals surface area contributed by atoms with Crippen LogP contribution < -0.4 is 10.1 Å². The number of para-hydroxylation sites is 2. The minimum atomic E-state index is -0.248. The Bertz CT molecular complexity index is 854. The Balaban J connectivity index is 1.45. The summed E-state index contributed by atoms with van der Waals surface area (Å²) in [6, 6.07) is 11.2. The molecule has 2 aromatic heterocycles. The van der Waals surface area contributed by atoms with E-state index in [-0.39, 0.29) is 12.0 Å². The number of nitrogens with zero attached hydrogens (tertiary/aromatic N) is 2. The van der Waals surface area contributed by atoms with Crippen molar-refractivity contribution in [2.75, 3.05) is 13.2 Å². The SMILES string of the molecule is O=C(NCc1nc2ccccc2[nH]1)c1cccnc1OC1CCOC1. The summed E-state index contributed by atoms with van der Waals surface area (Å²) in [7, 11) is 0. The lowest BCUT2D eigenvalue weighted by Gasteiger charge is -2.13. The number of hydrogen-bond acceptors (Lipinski definition) is 5. The monoisotopic (exact) mass is 338 g/mol. The van der Waals surface area contributed by atoms with Crippen LogP contribution in [0.3, 0.4) is 0 Å². The lowest BCUT2D eigenvalue weighted by Crippen LogP contribution is -2.26. The molecule has 3 heterocycles. The average molecular weight is 338 g/mol. The molecule has 1 aliphatic rings. The normalized spacial score (nSPS) is 16.9. The maximum absolute atomic E-state index is 12.5. The molecule has 1 aromatic carbocycles. The lowest BCUT2D eigenvalue weighted by atomic mass is 10.2. The van der Waals surface area contributed by atoms with Crippen molar-refractivity contribution in [2.45, 2.75) is 19.1 Å². The van der Waals surface area contributed by atoms with Gasteiger partial charge in [-0.3, -0.25) is 4.79 Å². The van der Waals surface area contributed by atoms with Gasteiger partial charge in [0.2, 0.25) is 5.88 Å². The standard InChI is InChI=1S/C18H18N4O3/c23-17(20-10-16-21-14-5-1-2-6-15(14)22-16)13-4-3-8-19-18(13)25-12-7-9-24-11-12/h1-6,8,12H,7,9-11H2,(H,20,23)(H,21,22). The van der Waals surface area contributed by atoms with Crippen LogP contribution in [0.25, 0.3) is 11.0 Å². The third-order valence-corrected chi connectivity index (χ3v) is 4.04. The number of rotatable bonds is 5. The molecule has 1 amide bonds. The van der Waals surface area contributed by atoms with Crippen LogP contribution >= 0.6 is 0 Å². The van der Waals surface area contributed by atoms with E-state index < -0.39 is 0 Å². The summed E-state index contributed by atoms with van der Waals surface area (Å²) < 4.78 is 11.1. The van der Waals surface area contributed by atoms with Gasteiger partial charge in [-0.15, -0.1) is 0 Å². The predicted octanol–water partition coefficient (Wildman–Crippen LogP) is 2.06. The molecule has 1 unspecified atom stereocenters. The van der Waals surface area contributed by atoms with Crippen molar-refractivity contribution >= 4 is 16.9 Å². The van der Waals surface area contributed by atoms with E-state index in [2.05, 4.69) is 20.3 Å². The van der Waals surface area contributed by atoms with E-state index in [4.69, 9.17) is 9.47 Å². The average Bonchev–Trinajstić information content (AvgIpc) is 3.29. The number of pyridine rings is 1. The van der Waals surface area contributed by atoms with Crippen molar-refractivity contribution < 1.29 is 14.3 Å². The summed E-state index contributed by atoms with van der Waals surface area (Å²) in [5, 5.41) is 2.86. The number of fused-ring (bicyclic) bond motifs is 1. The second-order valence-corrected chi connectivity index (χ2v) is 5.84. The van der Waals surface area contributed by atoms with Crippen molar-refractivity contribution in [1.29, 1.82) is 0 Å². The molecule has 1 fully saturated rings. The van der Waals surface area contributed by atoms with Gasteiger partial charge in [-0.1, -0.05) is 12.1 Å². The molecule has 0 radical (unpaired) electrons. The Morgan fingerprint density at radius 1 is 1.32 bits per heavy atom. The van der Waals surface area contributed by atoms with Crippen LogP contribution in [-0.2, 0) is 11.3 Å². The molecule has 25 heavy (non-hydrogen) atoms. The molecule has 1 aliphatic heterocycles. The number of imidazole rings is 1. The molecule has 7 heteroatoms. The highest BCUT2D eigenvalue weighted by atomic mass is 16.5. The van der Waals surface area contributed by atoms with Gasteiger partial charge in [0.1, 0.15) is 17.5 Å². The van der Waals surface area contributed by atoms with Gasteiger partial charge in [0.25, 0.3) is 5.91 Å². The number of amides is 1. The van der Waals surface area contributed by atoms with Gasteiger partial charge < -0.3 is 19.8 Å². The number of aromatic amines is 1. The number of ether oxygens (including phenoxy) is 2. The Labute approximate surface area is 144 Å². The Morgan fingerprint density at radius 3 is 3.08 bits per heavy atom. The maximum atomic E-state index is 12.5. The van der Waals surface area contributed by atoms with Gasteiger partial charge >= 0.3 is 0 Å². The van der Waals surface area contributed by atoms with Crippen LogP contribution in [0.5, 0.6) is 5.88 Å². The summed E-state index contributed by atoms with van der Waals surface area (Å²) >= 11 is 0. The number of hydrogen-bond donors (Lipinski definition) is 2. The fourth-order valence-corrected chi connectivity index (χ4v) is 2.77. The number of benzene rings is 1. The smallest absolute Gasteiger partial charge is 0.257 e. The van der Waals surface area contributed by atoms with Crippen LogP contribution in [0.4, 0.5) is 0 Å². The van der Waals surface area contributed by atoms with Gasteiger partial charge in [0.15, 0.2) is 0 Å². The zero-order chi connectivity index (χ0) is 17.1. The zero-order valence-electron chi connectivity index (χ0n) is 13.6. The van der Waals surface area contributed by atoms with Crippen LogP contribution in [0.2, 0.25) is 0 Å². The molecule has 1 saturated heterocycles. The van der Waals surface area contributed by atoms with Gasteiger partial charge in [0, 0.05) is 12.6 Å². The fourth-order valence-electron chi connectivity index (χ4n) is 2.77. The summed E-state index contributed by atoms with van der Waals surface area (Å²) in [6.07, 6.45) is 2.36. The molecule has 4 rings (SSSR count). The fraction of sp³-hybridized carbons (Fsp3) is 0.278. The molecule has 2 N–H and O–H groups in total. The summed E-state index contributed by atoms with van der Waals surface area (Å²) in [5.41, 5.74) is 2.22. The third kappa shape index (κ3) is 3.46. The number of nitrogens with one attached hydrogen (secondary N) is 2. The molecular formula is C18H18N4O3. The minimum Gasteiger partial charge on any atom is -0.471 e. The Hall–Kier alpha value is -2.93. The van der Waals surface area contributed by atoms with E-state index in [0.717, 1.165) is 17.5 Å². The molecule has 0 aliphatic carbocycles. The second-order valence-electron chi connectivity index (χ2n) is 5.84. The molecule has 0 saturated carbocycles. The summed E-state index contributed by atoms with van der Waals surface area (Å²) in [5.74, 6) is 0.785. The molecule has 128 valence electrons. The van der Waals surface area contributed by atoms with Gasteiger partial charge in [-0.05, 0) is 24.3 Å². The molecule has 0 bridgehead atoms.